The SMILES string of the molecule is CCOC(=O)c1ccc(N2C(=O)C3Sc4[nH]c(=O)sc4[C@H](c4ccccc4OCC(=O)Nc4ccccc4C(F)(F)F)C3C2=O)cc1. The lowest BCUT2D eigenvalue weighted by molar-refractivity contribution is -0.137. The highest BCUT2D eigenvalue weighted by molar-refractivity contribution is 8.00. The third kappa shape index (κ3) is 6.15. The molecule has 6 rings (SSSR count). The van der Waals surface area contributed by atoms with Crippen LogP contribution in [0.3, 0.4) is 0 Å². The van der Waals surface area contributed by atoms with E-state index in [9.17, 15) is 37.1 Å². The zero-order valence-corrected chi connectivity index (χ0v) is 26.0. The number of nitrogens with one attached hydrogen (secondary N) is 2. The summed E-state index contributed by atoms with van der Waals surface area (Å²) in [5.74, 6) is -4.14. The fourth-order valence-corrected chi connectivity index (χ4v) is 8.11. The van der Waals surface area contributed by atoms with Crippen LogP contribution in [-0.2, 0) is 25.3 Å². The van der Waals surface area contributed by atoms with Crippen molar-refractivity contribution in [2.75, 3.05) is 23.4 Å². The third-order valence-electron chi connectivity index (χ3n) is 7.58. The lowest BCUT2D eigenvalue weighted by Gasteiger charge is -2.30. The number of fused-ring (bicyclic) bond motifs is 2. The van der Waals surface area contributed by atoms with E-state index in [2.05, 4.69) is 10.3 Å². The third-order valence-corrected chi connectivity index (χ3v) is 9.98. The molecular formula is C32H24F3N3O7S2. The normalized spacial score (nSPS) is 18.8. The average molecular weight is 684 g/mol. The summed E-state index contributed by atoms with van der Waals surface area (Å²) in [5, 5.41) is 1.72. The van der Waals surface area contributed by atoms with Crippen molar-refractivity contribution in [1.29, 1.82) is 0 Å². The molecule has 2 N–H and O–H groups in total. The fourth-order valence-electron chi connectivity index (χ4n) is 5.61. The van der Waals surface area contributed by atoms with E-state index in [1.54, 1.807) is 25.1 Å². The fraction of sp³-hybridized carbons (Fsp3) is 0.219. The Kier molecular flexibility index (Phi) is 8.68. The number of thiazole rings is 1. The Morgan fingerprint density at radius 2 is 1.66 bits per heavy atom. The summed E-state index contributed by atoms with van der Waals surface area (Å²) in [6.07, 6.45) is -4.69. The van der Waals surface area contributed by atoms with Crippen molar-refractivity contribution in [3.05, 3.63) is 104 Å². The number of anilines is 2. The molecule has 0 radical (unpaired) electrons. The van der Waals surface area contributed by atoms with Crippen molar-refractivity contribution in [1.82, 2.24) is 4.98 Å². The molecule has 2 aliphatic heterocycles. The Bertz CT molecular complexity index is 1940. The quantitative estimate of drug-likeness (QED) is 0.185. The second-order valence-electron chi connectivity index (χ2n) is 10.4. The average Bonchev–Trinajstić information content (AvgIpc) is 3.54. The Morgan fingerprint density at radius 3 is 2.38 bits per heavy atom. The maximum absolute atomic E-state index is 14.1. The number of aromatic nitrogens is 1. The highest BCUT2D eigenvalue weighted by Crippen LogP contribution is 2.54. The van der Waals surface area contributed by atoms with Gasteiger partial charge in [0, 0.05) is 16.4 Å². The molecule has 0 bridgehead atoms. The van der Waals surface area contributed by atoms with Crippen LogP contribution < -0.4 is 19.8 Å². The standard InChI is InChI=1S/C32H24F3N3O7S2/c1-2-44-30(42)16-11-13-17(14-12-16)38-28(40)24-23(25-27(37-31(43)47-25)46-26(24)29(38)41)18-7-3-6-10-21(18)45-15-22(39)36-20-9-5-4-8-19(20)32(33,34)35/h3-14,23-24,26H,2,15H2,1H3,(H,36,39)(H,37,43)/t23-,24?,26?/m1/s1. The molecule has 3 heterocycles. The lowest BCUT2D eigenvalue weighted by Crippen LogP contribution is -2.32. The first-order valence-electron chi connectivity index (χ1n) is 14.2. The van der Waals surface area contributed by atoms with Crippen molar-refractivity contribution >= 4 is 58.2 Å². The number of imide groups is 1. The van der Waals surface area contributed by atoms with Crippen LogP contribution in [0.2, 0.25) is 0 Å². The first-order valence-corrected chi connectivity index (χ1v) is 15.9. The van der Waals surface area contributed by atoms with Gasteiger partial charge in [0.2, 0.25) is 11.8 Å². The van der Waals surface area contributed by atoms with E-state index in [1.807, 2.05) is 0 Å². The molecule has 1 saturated heterocycles. The summed E-state index contributed by atoms with van der Waals surface area (Å²) >= 11 is 1.96. The number of para-hydroxylation sites is 2. The van der Waals surface area contributed by atoms with Gasteiger partial charge >= 0.3 is 17.0 Å². The Labute approximate surface area is 272 Å². The van der Waals surface area contributed by atoms with Crippen molar-refractivity contribution in [3.8, 4) is 5.75 Å². The number of nitrogens with zero attached hydrogens (tertiary/aromatic N) is 1. The van der Waals surface area contributed by atoms with Gasteiger partial charge in [-0.25, -0.2) is 9.69 Å². The second-order valence-corrected chi connectivity index (χ2v) is 12.6. The molecule has 242 valence electrons. The minimum absolute atomic E-state index is 0.145. The molecule has 2 unspecified atom stereocenters. The first-order chi connectivity index (χ1) is 22.5. The molecule has 3 amide bonds. The summed E-state index contributed by atoms with van der Waals surface area (Å²) in [6.45, 7) is 1.19. The van der Waals surface area contributed by atoms with Gasteiger partial charge in [0.1, 0.15) is 11.0 Å². The summed E-state index contributed by atoms with van der Waals surface area (Å²) in [4.78, 5) is 69.1. The largest absolute Gasteiger partial charge is 0.483 e. The molecule has 3 aromatic carbocycles. The summed E-state index contributed by atoms with van der Waals surface area (Å²) < 4.78 is 51.1. The van der Waals surface area contributed by atoms with E-state index in [-0.39, 0.29) is 28.5 Å². The van der Waals surface area contributed by atoms with E-state index in [0.29, 0.717) is 15.5 Å². The molecule has 4 aromatic rings. The van der Waals surface area contributed by atoms with Crippen LogP contribution in [0.1, 0.15) is 39.2 Å². The number of H-pyrrole nitrogens is 1. The number of rotatable bonds is 8. The van der Waals surface area contributed by atoms with Crippen LogP contribution in [-0.4, -0.2) is 47.1 Å². The van der Waals surface area contributed by atoms with Gasteiger partial charge in [-0.3, -0.25) is 19.2 Å². The number of carbonyl (C=O) groups is 4. The smallest absolute Gasteiger partial charge is 0.418 e. The molecular weight excluding hydrogens is 659 g/mol. The Hall–Kier alpha value is -4.89. The number of hydrogen-bond donors (Lipinski definition) is 2. The Morgan fingerprint density at radius 1 is 0.957 bits per heavy atom. The van der Waals surface area contributed by atoms with E-state index < -0.39 is 64.8 Å². The number of aromatic amines is 1. The molecule has 1 fully saturated rings. The number of alkyl halides is 3. The van der Waals surface area contributed by atoms with Crippen LogP contribution in [0, 0.1) is 5.92 Å². The van der Waals surface area contributed by atoms with Crippen molar-refractivity contribution in [2.24, 2.45) is 5.92 Å². The van der Waals surface area contributed by atoms with E-state index in [4.69, 9.17) is 9.47 Å². The van der Waals surface area contributed by atoms with Gasteiger partial charge < -0.3 is 19.8 Å². The molecule has 15 heteroatoms. The predicted molar refractivity (Wildman–Crippen MR) is 167 cm³/mol. The molecule has 10 nitrogen and oxygen atoms in total. The van der Waals surface area contributed by atoms with E-state index in [1.165, 1.54) is 42.5 Å². The molecule has 3 atom stereocenters. The number of ether oxygens (including phenoxy) is 2. The first kappa shape index (κ1) is 32.1. The maximum atomic E-state index is 14.1. The van der Waals surface area contributed by atoms with Gasteiger partial charge in [-0.05, 0) is 49.4 Å². The van der Waals surface area contributed by atoms with Crippen molar-refractivity contribution < 1.29 is 41.8 Å². The molecule has 0 aliphatic carbocycles. The van der Waals surface area contributed by atoms with E-state index >= 15 is 0 Å². The van der Waals surface area contributed by atoms with Crippen molar-refractivity contribution in [2.45, 2.75) is 29.3 Å². The van der Waals surface area contributed by atoms with Gasteiger partial charge in [0.25, 0.3) is 5.91 Å². The van der Waals surface area contributed by atoms with Gasteiger partial charge in [0.05, 0.1) is 40.1 Å². The number of amides is 3. The number of esters is 1. The van der Waals surface area contributed by atoms with Gasteiger partial charge in [-0.15, -0.1) is 0 Å². The number of carbonyl (C=O) groups excluding carboxylic acids is 4. The van der Waals surface area contributed by atoms with Gasteiger partial charge in [0.15, 0.2) is 6.61 Å². The summed E-state index contributed by atoms with van der Waals surface area (Å²) in [5.41, 5.74) is -0.543. The zero-order chi connectivity index (χ0) is 33.5. The highest BCUT2D eigenvalue weighted by Gasteiger charge is 2.56. The second kappa shape index (κ2) is 12.7. The topological polar surface area (TPSA) is 135 Å². The monoisotopic (exact) mass is 683 g/mol. The number of halogens is 3. The minimum atomic E-state index is -4.69. The summed E-state index contributed by atoms with van der Waals surface area (Å²) in [7, 11) is 0. The molecule has 0 spiro atoms. The zero-order valence-electron chi connectivity index (χ0n) is 24.3. The number of thioether (sulfide) groups is 1. The highest BCUT2D eigenvalue weighted by atomic mass is 32.2. The van der Waals surface area contributed by atoms with Crippen LogP contribution in [0.4, 0.5) is 24.5 Å². The molecule has 0 saturated carbocycles. The van der Waals surface area contributed by atoms with Crippen molar-refractivity contribution in [3.63, 3.8) is 0 Å². The minimum Gasteiger partial charge on any atom is -0.483 e. The van der Waals surface area contributed by atoms with E-state index in [0.717, 1.165) is 40.1 Å². The number of benzene rings is 3. The maximum Gasteiger partial charge on any atom is 0.418 e. The van der Waals surface area contributed by atoms with Crippen LogP contribution in [0.25, 0.3) is 0 Å². The van der Waals surface area contributed by atoms with Gasteiger partial charge in [-0.2, -0.15) is 13.2 Å². The lowest BCUT2D eigenvalue weighted by atomic mass is 9.82. The molecule has 1 aromatic heterocycles. The van der Waals surface area contributed by atoms with Crippen LogP contribution in [0.15, 0.2) is 82.6 Å². The van der Waals surface area contributed by atoms with Crippen LogP contribution >= 0.6 is 23.1 Å². The molecule has 47 heavy (non-hydrogen) atoms. The number of hydrogen-bond acceptors (Lipinski definition) is 9. The van der Waals surface area contributed by atoms with Crippen LogP contribution in [0.5, 0.6) is 5.75 Å². The summed E-state index contributed by atoms with van der Waals surface area (Å²) in [6, 6.07) is 16.9. The van der Waals surface area contributed by atoms with Gasteiger partial charge in [-0.1, -0.05) is 53.4 Å². The Balaban J connectivity index is 1.30. The molecule has 2 aliphatic rings. The predicted octanol–water partition coefficient (Wildman–Crippen LogP) is 5.45.